The lowest BCUT2D eigenvalue weighted by molar-refractivity contribution is -0.0393. The molecule has 0 saturated carbocycles. The Labute approximate surface area is 126 Å². The number of carbonyl (C=O) groups excluding carboxylic acids is 1. The first-order valence-corrected chi connectivity index (χ1v) is 9.26. The molecule has 21 heavy (non-hydrogen) atoms. The van der Waals surface area contributed by atoms with Crippen LogP contribution in [-0.4, -0.2) is 49.5 Å². The van der Waals surface area contributed by atoms with Crippen LogP contribution in [0.3, 0.4) is 0 Å². The smallest absolute Gasteiger partial charge is 0.410 e. The number of amides is 1. The van der Waals surface area contributed by atoms with E-state index in [-0.39, 0.29) is 24.3 Å². The Morgan fingerprint density at radius 1 is 1.14 bits per heavy atom. The molecule has 2 fully saturated rings. The van der Waals surface area contributed by atoms with Gasteiger partial charge in [-0.05, 0) is 52.9 Å². The van der Waals surface area contributed by atoms with Crippen molar-refractivity contribution in [1.29, 1.82) is 0 Å². The standard InChI is InChI=1S/C14H25NO5S/c1-14(2,3)19-13(16)15-10-6-5-7-11(15)9-12(8-10)20-21(4,17)18/h10-12H,5-9H2,1-4H3. The van der Waals surface area contributed by atoms with Crippen LogP contribution < -0.4 is 0 Å². The number of rotatable bonds is 2. The lowest BCUT2D eigenvalue weighted by atomic mass is 9.83. The molecule has 2 rings (SSSR count). The van der Waals surface area contributed by atoms with E-state index < -0.39 is 15.7 Å². The molecule has 6 nitrogen and oxygen atoms in total. The summed E-state index contributed by atoms with van der Waals surface area (Å²) in [6.45, 7) is 5.54. The van der Waals surface area contributed by atoms with Crippen LogP contribution in [0.5, 0.6) is 0 Å². The summed E-state index contributed by atoms with van der Waals surface area (Å²) in [4.78, 5) is 14.2. The van der Waals surface area contributed by atoms with Gasteiger partial charge in [-0.3, -0.25) is 4.18 Å². The third kappa shape index (κ3) is 4.57. The third-order valence-electron chi connectivity index (χ3n) is 3.85. The minimum atomic E-state index is -3.46. The Kier molecular flexibility index (Phi) is 4.54. The maximum atomic E-state index is 12.4. The summed E-state index contributed by atoms with van der Waals surface area (Å²) in [6.07, 6.45) is 4.37. The van der Waals surface area contributed by atoms with E-state index in [2.05, 4.69) is 0 Å². The number of piperidine rings is 2. The van der Waals surface area contributed by atoms with Gasteiger partial charge in [0.05, 0.1) is 12.4 Å². The molecule has 2 bridgehead atoms. The molecule has 2 saturated heterocycles. The van der Waals surface area contributed by atoms with Crippen LogP contribution in [0.15, 0.2) is 0 Å². The van der Waals surface area contributed by atoms with Crippen LogP contribution in [0.25, 0.3) is 0 Å². The third-order valence-corrected chi connectivity index (χ3v) is 4.47. The molecular formula is C14H25NO5S. The van der Waals surface area contributed by atoms with Gasteiger partial charge < -0.3 is 9.64 Å². The molecule has 2 heterocycles. The Morgan fingerprint density at radius 2 is 1.67 bits per heavy atom. The van der Waals surface area contributed by atoms with E-state index in [1.807, 2.05) is 20.8 Å². The molecule has 7 heteroatoms. The normalized spacial score (nSPS) is 30.1. The quantitative estimate of drug-likeness (QED) is 0.730. The van der Waals surface area contributed by atoms with Gasteiger partial charge in [-0.15, -0.1) is 0 Å². The molecule has 0 aliphatic carbocycles. The summed E-state index contributed by atoms with van der Waals surface area (Å²) in [6, 6.07) is 0.0261. The second kappa shape index (κ2) is 5.76. The van der Waals surface area contributed by atoms with E-state index in [0.29, 0.717) is 12.8 Å². The van der Waals surface area contributed by atoms with Crippen molar-refractivity contribution in [1.82, 2.24) is 4.90 Å². The predicted octanol–water partition coefficient (Wildman–Crippen LogP) is 2.28. The van der Waals surface area contributed by atoms with Crippen molar-refractivity contribution < 1.29 is 22.1 Å². The van der Waals surface area contributed by atoms with Crippen LogP contribution in [-0.2, 0) is 19.0 Å². The van der Waals surface area contributed by atoms with Crippen LogP contribution in [0.4, 0.5) is 4.79 Å². The summed E-state index contributed by atoms with van der Waals surface area (Å²) in [5, 5.41) is 0. The zero-order valence-electron chi connectivity index (χ0n) is 13.2. The highest BCUT2D eigenvalue weighted by atomic mass is 32.2. The van der Waals surface area contributed by atoms with E-state index in [1.54, 1.807) is 4.90 Å². The maximum Gasteiger partial charge on any atom is 0.410 e. The van der Waals surface area contributed by atoms with Crippen molar-refractivity contribution in [2.75, 3.05) is 6.26 Å². The second-order valence-electron chi connectivity index (χ2n) is 7.02. The monoisotopic (exact) mass is 319 g/mol. The minimum absolute atomic E-state index is 0.0131. The van der Waals surface area contributed by atoms with Gasteiger partial charge in [0.1, 0.15) is 5.60 Å². The van der Waals surface area contributed by atoms with Gasteiger partial charge in [-0.25, -0.2) is 4.79 Å². The summed E-state index contributed by atoms with van der Waals surface area (Å²) in [5.74, 6) is 0. The second-order valence-corrected chi connectivity index (χ2v) is 8.62. The van der Waals surface area contributed by atoms with Crippen molar-refractivity contribution in [3.8, 4) is 0 Å². The average Bonchev–Trinajstić information content (AvgIpc) is 2.22. The Balaban J connectivity index is 2.07. The van der Waals surface area contributed by atoms with Gasteiger partial charge in [-0.2, -0.15) is 8.42 Å². The molecule has 0 N–H and O–H groups in total. The highest BCUT2D eigenvalue weighted by Gasteiger charge is 2.43. The fraction of sp³-hybridized carbons (Fsp3) is 0.929. The molecule has 2 atom stereocenters. The zero-order valence-corrected chi connectivity index (χ0v) is 14.0. The first kappa shape index (κ1) is 16.5. The Bertz CT molecular complexity index is 482. The van der Waals surface area contributed by atoms with Gasteiger partial charge in [0.2, 0.25) is 0 Å². The molecule has 0 aromatic heterocycles. The van der Waals surface area contributed by atoms with Crippen molar-refractivity contribution in [3.05, 3.63) is 0 Å². The van der Waals surface area contributed by atoms with Crippen molar-refractivity contribution in [2.45, 2.75) is 76.7 Å². The highest BCUT2D eigenvalue weighted by Crippen LogP contribution is 2.36. The van der Waals surface area contributed by atoms with Gasteiger partial charge in [0.15, 0.2) is 0 Å². The molecule has 0 aromatic rings. The largest absolute Gasteiger partial charge is 0.444 e. The molecule has 2 aliphatic heterocycles. The molecule has 2 aliphatic rings. The van der Waals surface area contributed by atoms with Gasteiger partial charge in [-0.1, -0.05) is 0 Å². The number of nitrogens with zero attached hydrogens (tertiary/aromatic N) is 1. The predicted molar refractivity (Wildman–Crippen MR) is 78.5 cm³/mol. The number of fused-ring (bicyclic) bond motifs is 2. The fourth-order valence-electron chi connectivity index (χ4n) is 3.27. The fourth-order valence-corrected chi connectivity index (χ4v) is 3.92. The van der Waals surface area contributed by atoms with Gasteiger partial charge in [0, 0.05) is 12.1 Å². The highest BCUT2D eigenvalue weighted by molar-refractivity contribution is 7.86. The number of hydrogen-bond donors (Lipinski definition) is 0. The van der Waals surface area contributed by atoms with E-state index >= 15 is 0 Å². The minimum Gasteiger partial charge on any atom is -0.444 e. The maximum absolute atomic E-state index is 12.4. The average molecular weight is 319 g/mol. The lowest BCUT2D eigenvalue weighted by Gasteiger charge is -2.48. The molecule has 0 radical (unpaired) electrons. The first-order chi connectivity index (χ1) is 9.55. The molecule has 1 amide bonds. The molecule has 2 unspecified atom stereocenters. The van der Waals surface area contributed by atoms with E-state index in [4.69, 9.17) is 8.92 Å². The summed E-state index contributed by atoms with van der Waals surface area (Å²) in [7, 11) is -3.46. The van der Waals surface area contributed by atoms with Gasteiger partial charge in [0.25, 0.3) is 10.1 Å². The van der Waals surface area contributed by atoms with Crippen molar-refractivity contribution >= 4 is 16.2 Å². The number of hydrogen-bond acceptors (Lipinski definition) is 5. The zero-order chi connectivity index (χ0) is 15.8. The molecule has 0 spiro atoms. The first-order valence-electron chi connectivity index (χ1n) is 7.45. The Hall–Kier alpha value is -0.820. The summed E-state index contributed by atoms with van der Waals surface area (Å²) >= 11 is 0. The number of ether oxygens (including phenoxy) is 1. The SMILES string of the molecule is CC(C)(C)OC(=O)N1C2CCCC1CC(OS(C)(=O)=O)C2. The number of carbonyl (C=O) groups is 1. The van der Waals surface area contributed by atoms with Crippen LogP contribution in [0.2, 0.25) is 0 Å². The van der Waals surface area contributed by atoms with Gasteiger partial charge >= 0.3 is 6.09 Å². The Morgan fingerprint density at radius 3 is 2.10 bits per heavy atom. The van der Waals surface area contributed by atoms with Crippen LogP contribution in [0.1, 0.15) is 52.9 Å². The summed E-state index contributed by atoms with van der Waals surface area (Å²) in [5.41, 5.74) is -0.522. The molecule has 0 aromatic carbocycles. The topological polar surface area (TPSA) is 72.9 Å². The van der Waals surface area contributed by atoms with Crippen LogP contribution in [0, 0.1) is 0 Å². The van der Waals surface area contributed by atoms with E-state index in [1.165, 1.54) is 0 Å². The summed E-state index contributed by atoms with van der Waals surface area (Å²) < 4.78 is 33.2. The molecular weight excluding hydrogens is 294 g/mol. The lowest BCUT2D eigenvalue weighted by Crippen LogP contribution is -2.57. The van der Waals surface area contributed by atoms with Crippen molar-refractivity contribution in [2.24, 2.45) is 0 Å². The van der Waals surface area contributed by atoms with Crippen molar-refractivity contribution in [3.63, 3.8) is 0 Å². The molecule has 122 valence electrons. The van der Waals surface area contributed by atoms with E-state index in [9.17, 15) is 13.2 Å². The van der Waals surface area contributed by atoms with E-state index in [0.717, 1.165) is 25.5 Å². The van der Waals surface area contributed by atoms with Crippen LogP contribution >= 0.6 is 0 Å².